The third-order valence-electron chi connectivity index (χ3n) is 4.91. The van der Waals surface area contributed by atoms with Crippen LogP contribution in [0.15, 0.2) is 53.4 Å². The van der Waals surface area contributed by atoms with Crippen LogP contribution in [-0.4, -0.2) is 36.7 Å². The summed E-state index contributed by atoms with van der Waals surface area (Å²) in [6.45, 7) is 2.83. The van der Waals surface area contributed by atoms with Gasteiger partial charge in [0.15, 0.2) is 0 Å². The number of nitrogens with zero attached hydrogens (tertiary/aromatic N) is 2. The molecule has 1 saturated heterocycles. The lowest BCUT2D eigenvalue weighted by Crippen LogP contribution is -2.27. The van der Waals surface area contributed by atoms with Crippen LogP contribution in [0.25, 0.3) is 10.6 Å². The molecular weight excluding hydrogens is 425 g/mol. The van der Waals surface area contributed by atoms with Crippen LogP contribution >= 0.6 is 11.3 Å². The van der Waals surface area contributed by atoms with Crippen molar-refractivity contribution in [2.75, 3.05) is 18.4 Å². The summed E-state index contributed by atoms with van der Waals surface area (Å²) in [5.74, 6) is -0.659. The Morgan fingerprint density at radius 3 is 2.33 bits per heavy atom. The number of sulfonamides is 1. The van der Waals surface area contributed by atoms with E-state index in [-0.39, 0.29) is 16.6 Å². The Hall–Kier alpha value is -2.62. The molecule has 9 heteroatoms. The molecule has 0 bridgehead atoms. The molecule has 156 valence electrons. The predicted octanol–water partition coefficient (Wildman–Crippen LogP) is 4.29. The van der Waals surface area contributed by atoms with Crippen molar-refractivity contribution in [2.45, 2.75) is 24.7 Å². The van der Waals surface area contributed by atoms with Crippen LogP contribution in [0.1, 0.15) is 28.2 Å². The standard InChI is InChI=1S/C21H20FN3O3S2/c1-14-19(29-21(23-14)15-4-6-16(22)7-5-15)20(26)24-17-8-10-18(11-9-17)30(27,28)25-12-2-3-13-25/h4-11H,2-3,12-13H2,1H3,(H,24,26). The number of benzene rings is 2. The van der Waals surface area contributed by atoms with Crippen molar-refractivity contribution in [3.05, 3.63) is 64.9 Å². The van der Waals surface area contributed by atoms with Crippen molar-refractivity contribution in [3.63, 3.8) is 0 Å². The van der Waals surface area contributed by atoms with E-state index in [1.165, 1.54) is 39.9 Å². The summed E-state index contributed by atoms with van der Waals surface area (Å²) in [4.78, 5) is 17.8. The summed E-state index contributed by atoms with van der Waals surface area (Å²) < 4.78 is 39.8. The fraction of sp³-hybridized carbons (Fsp3) is 0.238. The van der Waals surface area contributed by atoms with Gasteiger partial charge in [0, 0.05) is 24.3 Å². The van der Waals surface area contributed by atoms with E-state index in [2.05, 4.69) is 10.3 Å². The first-order valence-corrected chi connectivity index (χ1v) is 11.8. The van der Waals surface area contributed by atoms with E-state index in [4.69, 9.17) is 0 Å². The normalized spacial score (nSPS) is 14.7. The maximum Gasteiger partial charge on any atom is 0.267 e. The lowest BCUT2D eigenvalue weighted by molar-refractivity contribution is 0.103. The Labute approximate surface area is 178 Å². The van der Waals surface area contributed by atoms with Crippen molar-refractivity contribution in [2.24, 2.45) is 0 Å². The molecule has 0 unspecified atom stereocenters. The van der Waals surface area contributed by atoms with E-state index in [0.717, 1.165) is 18.4 Å². The zero-order valence-corrected chi connectivity index (χ0v) is 17.9. The van der Waals surface area contributed by atoms with E-state index in [9.17, 15) is 17.6 Å². The van der Waals surface area contributed by atoms with Gasteiger partial charge in [-0.25, -0.2) is 17.8 Å². The highest BCUT2D eigenvalue weighted by molar-refractivity contribution is 7.89. The number of thiazole rings is 1. The van der Waals surface area contributed by atoms with Gasteiger partial charge < -0.3 is 5.32 Å². The molecule has 0 spiro atoms. The maximum absolute atomic E-state index is 13.1. The Bertz CT molecular complexity index is 1170. The van der Waals surface area contributed by atoms with Gasteiger partial charge in [0.05, 0.1) is 10.6 Å². The molecule has 3 aromatic rings. The third kappa shape index (κ3) is 4.14. The average Bonchev–Trinajstić information content (AvgIpc) is 3.39. The van der Waals surface area contributed by atoms with E-state index >= 15 is 0 Å². The van der Waals surface area contributed by atoms with Gasteiger partial charge in [-0.15, -0.1) is 11.3 Å². The van der Waals surface area contributed by atoms with Gasteiger partial charge in [0.25, 0.3) is 5.91 Å². The van der Waals surface area contributed by atoms with E-state index in [1.807, 2.05) is 0 Å². The van der Waals surface area contributed by atoms with Crippen LogP contribution in [0.2, 0.25) is 0 Å². The first kappa shape index (κ1) is 20.6. The zero-order valence-electron chi connectivity index (χ0n) is 16.3. The minimum atomic E-state index is -3.49. The van der Waals surface area contributed by atoms with Gasteiger partial charge in [-0.05, 0) is 68.3 Å². The monoisotopic (exact) mass is 445 g/mol. The molecule has 1 amide bonds. The number of hydrogen-bond acceptors (Lipinski definition) is 5. The molecule has 2 heterocycles. The SMILES string of the molecule is Cc1nc(-c2ccc(F)cc2)sc1C(=O)Nc1ccc(S(=O)(=O)N2CCCC2)cc1. The molecule has 0 radical (unpaired) electrons. The quantitative estimate of drug-likeness (QED) is 0.635. The number of carbonyl (C=O) groups excluding carboxylic acids is 1. The third-order valence-corrected chi connectivity index (χ3v) is 8.03. The molecule has 30 heavy (non-hydrogen) atoms. The summed E-state index contributed by atoms with van der Waals surface area (Å²) in [5, 5.41) is 3.41. The molecule has 1 aromatic heterocycles. The molecule has 4 rings (SSSR count). The van der Waals surface area contributed by atoms with Gasteiger partial charge in [-0.2, -0.15) is 4.31 Å². The fourth-order valence-corrected chi connectivity index (χ4v) is 5.78. The highest BCUT2D eigenvalue weighted by Crippen LogP contribution is 2.29. The van der Waals surface area contributed by atoms with Crippen LogP contribution in [0.4, 0.5) is 10.1 Å². The molecule has 1 fully saturated rings. The number of halogens is 1. The highest BCUT2D eigenvalue weighted by Gasteiger charge is 2.27. The van der Waals surface area contributed by atoms with Gasteiger partial charge >= 0.3 is 0 Å². The fourth-order valence-electron chi connectivity index (χ4n) is 3.30. The number of aryl methyl sites for hydroxylation is 1. The first-order valence-electron chi connectivity index (χ1n) is 9.49. The number of anilines is 1. The van der Waals surface area contributed by atoms with E-state index in [1.54, 1.807) is 31.2 Å². The van der Waals surface area contributed by atoms with Crippen LogP contribution in [0.3, 0.4) is 0 Å². The lowest BCUT2D eigenvalue weighted by atomic mass is 10.2. The molecular formula is C21H20FN3O3S2. The van der Waals surface area contributed by atoms with Crippen LogP contribution in [0.5, 0.6) is 0 Å². The topological polar surface area (TPSA) is 79.4 Å². The summed E-state index contributed by atoms with van der Waals surface area (Å²) >= 11 is 1.22. The van der Waals surface area contributed by atoms with E-state index in [0.29, 0.717) is 34.4 Å². The summed E-state index contributed by atoms with van der Waals surface area (Å²) in [6.07, 6.45) is 1.75. The molecule has 1 aliphatic rings. The second kappa shape index (κ2) is 8.25. The van der Waals surface area contributed by atoms with Crippen LogP contribution < -0.4 is 5.32 Å². The van der Waals surface area contributed by atoms with Crippen molar-refractivity contribution in [1.29, 1.82) is 0 Å². The highest BCUT2D eigenvalue weighted by atomic mass is 32.2. The first-order chi connectivity index (χ1) is 14.3. The molecule has 6 nitrogen and oxygen atoms in total. The molecule has 2 aromatic carbocycles. The maximum atomic E-state index is 13.1. The van der Waals surface area contributed by atoms with Crippen molar-refractivity contribution in [1.82, 2.24) is 9.29 Å². The smallest absolute Gasteiger partial charge is 0.267 e. The number of amides is 1. The average molecular weight is 446 g/mol. The largest absolute Gasteiger partial charge is 0.321 e. The molecule has 1 aliphatic heterocycles. The molecule has 0 aliphatic carbocycles. The summed E-state index contributed by atoms with van der Waals surface area (Å²) in [5.41, 5.74) is 1.81. The zero-order chi connectivity index (χ0) is 21.3. The molecule has 0 atom stereocenters. The Kier molecular flexibility index (Phi) is 5.68. The van der Waals surface area contributed by atoms with Crippen molar-refractivity contribution < 1.29 is 17.6 Å². The number of hydrogen-bond donors (Lipinski definition) is 1. The van der Waals surface area contributed by atoms with E-state index < -0.39 is 10.0 Å². The van der Waals surface area contributed by atoms with Crippen LogP contribution in [0, 0.1) is 12.7 Å². The van der Waals surface area contributed by atoms with Gasteiger partial charge in [0.1, 0.15) is 15.7 Å². The molecule has 0 saturated carbocycles. The number of aromatic nitrogens is 1. The van der Waals surface area contributed by atoms with Crippen molar-refractivity contribution >= 4 is 33.0 Å². The lowest BCUT2D eigenvalue weighted by Gasteiger charge is -2.15. The Balaban J connectivity index is 1.49. The minimum absolute atomic E-state index is 0.218. The number of rotatable bonds is 5. The number of nitrogens with one attached hydrogen (secondary N) is 1. The van der Waals surface area contributed by atoms with Crippen molar-refractivity contribution in [3.8, 4) is 10.6 Å². The minimum Gasteiger partial charge on any atom is -0.321 e. The summed E-state index contributed by atoms with van der Waals surface area (Å²) in [7, 11) is -3.49. The van der Waals surface area contributed by atoms with Crippen LogP contribution in [-0.2, 0) is 10.0 Å². The van der Waals surface area contributed by atoms with Gasteiger partial charge in [-0.1, -0.05) is 0 Å². The Morgan fingerprint density at radius 2 is 1.70 bits per heavy atom. The van der Waals surface area contributed by atoms with Gasteiger partial charge in [0.2, 0.25) is 10.0 Å². The summed E-state index contributed by atoms with van der Waals surface area (Å²) in [6, 6.07) is 12.1. The molecule has 1 N–H and O–H groups in total. The predicted molar refractivity (Wildman–Crippen MR) is 115 cm³/mol. The number of carbonyl (C=O) groups is 1. The van der Waals surface area contributed by atoms with Gasteiger partial charge in [-0.3, -0.25) is 4.79 Å². The second-order valence-corrected chi connectivity index (χ2v) is 9.97. The Morgan fingerprint density at radius 1 is 1.07 bits per heavy atom. The second-order valence-electron chi connectivity index (χ2n) is 7.03.